The zero-order valence-electron chi connectivity index (χ0n) is 6.91. The van der Waals surface area contributed by atoms with Crippen LogP contribution in [0.2, 0.25) is 0 Å². The smallest absolute Gasteiger partial charge is 0.320 e. The van der Waals surface area contributed by atoms with E-state index >= 15 is 0 Å². The molecule has 0 amide bonds. The van der Waals surface area contributed by atoms with Crippen molar-refractivity contribution in [2.75, 3.05) is 13.7 Å². The number of carboxylic acid groups (broad SMARTS) is 1. The van der Waals surface area contributed by atoms with Gasteiger partial charge in [0.05, 0.1) is 0 Å². The molecule has 0 bridgehead atoms. The highest BCUT2D eigenvalue weighted by atomic mass is 16.5. The average Bonchev–Trinajstić information content (AvgIpc) is 1.98. The molecule has 4 nitrogen and oxygen atoms in total. The SMILES string of the molecule is COCC[C@H](C)[C@H](N)C(=O)O. The minimum absolute atomic E-state index is 0.0348. The lowest BCUT2D eigenvalue weighted by Crippen LogP contribution is -2.37. The van der Waals surface area contributed by atoms with Crippen molar-refractivity contribution in [2.24, 2.45) is 11.7 Å². The predicted molar refractivity (Wildman–Crippen MR) is 41.3 cm³/mol. The van der Waals surface area contributed by atoms with Crippen molar-refractivity contribution in [1.82, 2.24) is 0 Å². The van der Waals surface area contributed by atoms with Gasteiger partial charge in [0, 0.05) is 13.7 Å². The first-order valence-corrected chi connectivity index (χ1v) is 3.57. The number of aliphatic carboxylic acids is 1. The van der Waals surface area contributed by atoms with E-state index in [2.05, 4.69) is 0 Å². The fourth-order valence-corrected chi connectivity index (χ4v) is 0.727. The summed E-state index contributed by atoms with van der Waals surface area (Å²) in [4.78, 5) is 10.3. The van der Waals surface area contributed by atoms with Crippen molar-refractivity contribution < 1.29 is 14.6 Å². The molecule has 0 aliphatic rings. The average molecular weight is 161 g/mol. The van der Waals surface area contributed by atoms with E-state index in [9.17, 15) is 4.79 Å². The maximum absolute atomic E-state index is 10.3. The third kappa shape index (κ3) is 3.95. The van der Waals surface area contributed by atoms with Crippen LogP contribution in [0.4, 0.5) is 0 Å². The van der Waals surface area contributed by atoms with E-state index < -0.39 is 12.0 Å². The monoisotopic (exact) mass is 161 g/mol. The summed E-state index contributed by atoms with van der Waals surface area (Å²) in [6.45, 7) is 2.36. The van der Waals surface area contributed by atoms with Gasteiger partial charge in [0.25, 0.3) is 0 Å². The summed E-state index contributed by atoms with van der Waals surface area (Å²) in [6, 6.07) is -0.773. The van der Waals surface area contributed by atoms with Gasteiger partial charge in [0.2, 0.25) is 0 Å². The molecule has 0 radical (unpaired) electrons. The standard InChI is InChI=1S/C7H15NO3/c1-5(3-4-11-2)6(8)7(9)10/h5-6H,3-4,8H2,1-2H3,(H,9,10)/t5-,6-/m0/s1. The molecule has 0 rings (SSSR count). The van der Waals surface area contributed by atoms with Gasteiger partial charge in [-0.3, -0.25) is 4.79 Å². The zero-order valence-corrected chi connectivity index (χ0v) is 6.91. The van der Waals surface area contributed by atoms with E-state index in [1.165, 1.54) is 0 Å². The van der Waals surface area contributed by atoms with Crippen LogP contribution in [0, 0.1) is 5.92 Å². The number of rotatable bonds is 5. The molecule has 0 unspecified atom stereocenters. The second kappa shape index (κ2) is 5.09. The van der Waals surface area contributed by atoms with Crippen LogP contribution in [0.15, 0.2) is 0 Å². The molecule has 0 aromatic rings. The van der Waals surface area contributed by atoms with Crippen LogP contribution in [0.25, 0.3) is 0 Å². The van der Waals surface area contributed by atoms with E-state index in [0.717, 1.165) is 0 Å². The van der Waals surface area contributed by atoms with Crippen molar-refractivity contribution >= 4 is 5.97 Å². The first-order chi connectivity index (χ1) is 5.09. The number of carboxylic acids is 1. The Morgan fingerprint density at radius 1 is 1.73 bits per heavy atom. The Bertz CT molecular complexity index is 127. The molecule has 4 heteroatoms. The Morgan fingerprint density at radius 3 is 2.64 bits per heavy atom. The lowest BCUT2D eigenvalue weighted by atomic mass is 10.00. The molecular formula is C7H15NO3. The summed E-state index contributed by atoms with van der Waals surface area (Å²) in [6.07, 6.45) is 0.684. The quantitative estimate of drug-likeness (QED) is 0.598. The number of carbonyl (C=O) groups is 1. The van der Waals surface area contributed by atoms with Crippen LogP contribution in [-0.4, -0.2) is 30.8 Å². The summed E-state index contributed by atoms with van der Waals surface area (Å²) in [7, 11) is 1.58. The van der Waals surface area contributed by atoms with Crippen molar-refractivity contribution in [3.8, 4) is 0 Å². The van der Waals surface area contributed by atoms with Crippen molar-refractivity contribution in [1.29, 1.82) is 0 Å². The van der Waals surface area contributed by atoms with Gasteiger partial charge in [-0.2, -0.15) is 0 Å². The first-order valence-electron chi connectivity index (χ1n) is 3.57. The van der Waals surface area contributed by atoms with Gasteiger partial charge in [-0.1, -0.05) is 6.92 Å². The van der Waals surface area contributed by atoms with Crippen molar-refractivity contribution in [3.63, 3.8) is 0 Å². The third-order valence-corrected chi connectivity index (χ3v) is 1.68. The summed E-state index contributed by atoms with van der Waals surface area (Å²) in [5.41, 5.74) is 5.35. The van der Waals surface area contributed by atoms with Crippen LogP contribution in [0.3, 0.4) is 0 Å². The molecule has 3 N–H and O–H groups in total. The Kier molecular flexibility index (Phi) is 4.81. The topological polar surface area (TPSA) is 72.5 Å². The second-order valence-electron chi connectivity index (χ2n) is 2.62. The van der Waals surface area contributed by atoms with Gasteiger partial charge in [0.15, 0.2) is 0 Å². The maximum atomic E-state index is 10.3. The van der Waals surface area contributed by atoms with Gasteiger partial charge >= 0.3 is 5.97 Å². The molecule has 0 heterocycles. The van der Waals surface area contributed by atoms with Crippen molar-refractivity contribution in [2.45, 2.75) is 19.4 Å². The van der Waals surface area contributed by atoms with Crippen LogP contribution in [0.1, 0.15) is 13.3 Å². The van der Waals surface area contributed by atoms with E-state index in [-0.39, 0.29) is 5.92 Å². The molecule has 0 aliphatic heterocycles. The van der Waals surface area contributed by atoms with Gasteiger partial charge in [0.1, 0.15) is 6.04 Å². The van der Waals surface area contributed by atoms with Crippen LogP contribution >= 0.6 is 0 Å². The van der Waals surface area contributed by atoms with E-state index in [0.29, 0.717) is 13.0 Å². The van der Waals surface area contributed by atoms with Crippen LogP contribution in [-0.2, 0) is 9.53 Å². The van der Waals surface area contributed by atoms with Crippen LogP contribution < -0.4 is 5.73 Å². The minimum Gasteiger partial charge on any atom is -0.480 e. The fraction of sp³-hybridized carbons (Fsp3) is 0.857. The van der Waals surface area contributed by atoms with Crippen molar-refractivity contribution in [3.05, 3.63) is 0 Å². The Morgan fingerprint density at radius 2 is 2.27 bits per heavy atom. The lowest BCUT2D eigenvalue weighted by molar-refractivity contribution is -0.139. The number of hydrogen-bond donors (Lipinski definition) is 2. The van der Waals surface area contributed by atoms with Crippen LogP contribution in [0.5, 0.6) is 0 Å². The highest BCUT2D eigenvalue weighted by molar-refractivity contribution is 5.73. The molecule has 0 aromatic carbocycles. The van der Waals surface area contributed by atoms with E-state index in [4.69, 9.17) is 15.6 Å². The second-order valence-corrected chi connectivity index (χ2v) is 2.62. The highest BCUT2D eigenvalue weighted by Crippen LogP contribution is 2.05. The number of ether oxygens (including phenoxy) is 1. The Balaban J connectivity index is 3.63. The molecule has 0 saturated heterocycles. The van der Waals surface area contributed by atoms with Gasteiger partial charge in [-0.05, 0) is 12.3 Å². The fourth-order valence-electron chi connectivity index (χ4n) is 0.727. The molecule has 0 aliphatic carbocycles. The van der Waals surface area contributed by atoms with E-state index in [1.807, 2.05) is 0 Å². The maximum Gasteiger partial charge on any atom is 0.320 e. The zero-order chi connectivity index (χ0) is 8.85. The molecule has 0 saturated carbocycles. The molecule has 0 spiro atoms. The lowest BCUT2D eigenvalue weighted by Gasteiger charge is -2.14. The molecule has 66 valence electrons. The summed E-state index contributed by atoms with van der Waals surface area (Å²) in [5.74, 6) is -0.985. The summed E-state index contributed by atoms with van der Waals surface area (Å²) < 4.78 is 4.79. The molecule has 11 heavy (non-hydrogen) atoms. The molecule has 0 aromatic heterocycles. The van der Waals surface area contributed by atoms with Gasteiger partial charge in [-0.15, -0.1) is 0 Å². The third-order valence-electron chi connectivity index (χ3n) is 1.68. The number of nitrogens with two attached hydrogens (primary N) is 1. The normalized spacial score (nSPS) is 15.9. The number of hydrogen-bond acceptors (Lipinski definition) is 3. The molecule has 0 fully saturated rings. The van der Waals surface area contributed by atoms with E-state index in [1.54, 1.807) is 14.0 Å². The largest absolute Gasteiger partial charge is 0.480 e. The van der Waals surface area contributed by atoms with Gasteiger partial charge < -0.3 is 15.6 Å². The Hall–Kier alpha value is -0.610. The van der Waals surface area contributed by atoms with Gasteiger partial charge in [-0.25, -0.2) is 0 Å². The predicted octanol–water partition coefficient (Wildman–Crippen LogP) is 0.0709. The molecular weight excluding hydrogens is 146 g/mol. The minimum atomic E-state index is -0.950. The summed E-state index contributed by atoms with van der Waals surface area (Å²) in [5, 5.41) is 8.49. The number of methoxy groups -OCH3 is 1. The Labute approximate surface area is 66.3 Å². The molecule has 2 atom stereocenters. The highest BCUT2D eigenvalue weighted by Gasteiger charge is 2.18. The summed E-state index contributed by atoms with van der Waals surface area (Å²) >= 11 is 0. The first kappa shape index (κ1) is 10.4.